The number of carboxylic acids is 1. The molecule has 0 saturated carbocycles. The van der Waals surface area contributed by atoms with Gasteiger partial charge in [-0.3, -0.25) is 0 Å². The third-order valence-electron chi connectivity index (χ3n) is 3.28. The van der Waals surface area contributed by atoms with Gasteiger partial charge in [0.15, 0.2) is 6.10 Å². The van der Waals surface area contributed by atoms with Crippen LogP contribution in [0.2, 0.25) is 0 Å². The number of benzene rings is 2. The molecule has 1 N–H and O–H groups in total. The van der Waals surface area contributed by atoms with E-state index in [2.05, 4.69) is 28.7 Å². The minimum absolute atomic E-state index is 0.348. The van der Waals surface area contributed by atoms with Gasteiger partial charge in [0.25, 0.3) is 0 Å². The summed E-state index contributed by atoms with van der Waals surface area (Å²) >= 11 is 2.27. The summed E-state index contributed by atoms with van der Waals surface area (Å²) in [5, 5.41) is 9.10. The smallest absolute Gasteiger partial charge is 0.333 e. The van der Waals surface area contributed by atoms with Crippen LogP contribution in [0.5, 0.6) is 5.75 Å². The highest BCUT2D eigenvalue weighted by atomic mass is 127. The van der Waals surface area contributed by atoms with Gasteiger partial charge in [0, 0.05) is 16.6 Å². The molecule has 0 aliphatic heterocycles. The molecule has 2 rings (SSSR count). The predicted octanol–water partition coefficient (Wildman–Crippen LogP) is 3.90. The number of rotatable bonds is 8. The van der Waals surface area contributed by atoms with Crippen LogP contribution in [0.3, 0.4) is 0 Å². The highest BCUT2D eigenvalue weighted by molar-refractivity contribution is 14.1. The van der Waals surface area contributed by atoms with Crippen LogP contribution < -0.4 is 4.74 Å². The summed E-state index contributed by atoms with van der Waals surface area (Å²) in [4.78, 5) is 11.1. The van der Waals surface area contributed by atoms with Crippen molar-refractivity contribution in [2.24, 2.45) is 0 Å². The number of halogens is 1. The molecule has 0 aliphatic rings. The van der Waals surface area contributed by atoms with Gasteiger partial charge in [-0.15, -0.1) is 0 Å². The van der Waals surface area contributed by atoms with Gasteiger partial charge in [0.2, 0.25) is 0 Å². The van der Waals surface area contributed by atoms with Crippen LogP contribution in [0, 0.1) is 3.57 Å². The van der Waals surface area contributed by atoms with Gasteiger partial charge in [-0.05, 0) is 64.9 Å². The maximum atomic E-state index is 11.1. The number of ether oxygens (including phenoxy) is 2. The Morgan fingerprint density at radius 1 is 1.17 bits per heavy atom. The summed E-state index contributed by atoms with van der Waals surface area (Å²) in [5.41, 5.74) is 2.02. The van der Waals surface area contributed by atoms with E-state index in [0.717, 1.165) is 16.9 Å². The molecule has 1 atom stereocenters. The summed E-state index contributed by atoms with van der Waals surface area (Å²) < 4.78 is 12.1. The molecule has 0 heterocycles. The fraction of sp³-hybridized carbons (Fsp3) is 0.278. The third-order valence-corrected chi connectivity index (χ3v) is 3.95. The van der Waals surface area contributed by atoms with Crippen molar-refractivity contribution in [2.45, 2.75) is 26.1 Å². The normalized spacial score (nSPS) is 11.9. The highest BCUT2D eigenvalue weighted by Gasteiger charge is 2.17. The molecule has 0 radical (unpaired) electrons. The molecule has 2 aromatic rings. The third kappa shape index (κ3) is 5.84. The Bertz CT molecular complexity index is 640. The molecule has 0 spiro atoms. The second-order valence-corrected chi connectivity index (χ2v) is 6.29. The van der Waals surface area contributed by atoms with E-state index in [4.69, 9.17) is 14.6 Å². The second-order valence-electron chi connectivity index (χ2n) is 5.05. The summed E-state index contributed by atoms with van der Waals surface area (Å²) in [6.07, 6.45) is -0.460. The minimum Gasteiger partial charge on any atom is -0.489 e. The van der Waals surface area contributed by atoms with E-state index < -0.39 is 12.1 Å². The Morgan fingerprint density at radius 2 is 1.91 bits per heavy atom. The lowest BCUT2D eigenvalue weighted by Crippen LogP contribution is -2.26. The van der Waals surface area contributed by atoms with E-state index >= 15 is 0 Å². The van der Waals surface area contributed by atoms with Crippen LogP contribution in [0.4, 0.5) is 0 Å². The fourth-order valence-electron chi connectivity index (χ4n) is 2.15. The van der Waals surface area contributed by atoms with Gasteiger partial charge in [0.05, 0.1) is 0 Å². The van der Waals surface area contributed by atoms with Crippen molar-refractivity contribution in [3.05, 3.63) is 63.2 Å². The van der Waals surface area contributed by atoms with Crippen molar-refractivity contribution in [2.75, 3.05) is 6.61 Å². The first-order chi connectivity index (χ1) is 11.1. The Balaban J connectivity index is 1.92. The van der Waals surface area contributed by atoms with Crippen LogP contribution in [-0.2, 0) is 22.6 Å². The minimum atomic E-state index is -0.939. The Hall–Kier alpha value is -1.60. The van der Waals surface area contributed by atoms with Crippen molar-refractivity contribution in [3.8, 4) is 5.75 Å². The number of carbonyl (C=O) groups is 1. The van der Waals surface area contributed by atoms with Crippen LogP contribution in [0.25, 0.3) is 0 Å². The molecular weight excluding hydrogens is 407 g/mol. The van der Waals surface area contributed by atoms with Gasteiger partial charge in [0.1, 0.15) is 12.4 Å². The van der Waals surface area contributed by atoms with Crippen LogP contribution in [0.1, 0.15) is 18.1 Å². The lowest BCUT2D eigenvalue weighted by Gasteiger charge is -2.13. The van der Waals surface area contributed by atoms with E-state index in [0.29, 0.717) is 19.6 Å². The lowest BCUT2D eigenvalue weighted by molar-refractivity contribution is -0.149. The van der Waals surface area contributed by atoms with Crippen LogP contribution in [-0.4, -0.2) is 23.8 Å². The second kappa shape index (κ2) is 8.88. The lowest BCUT2D eigenvalue weighted by atomic mass is 10.1. The summed E-state index contributed by atoms with van der Waals surface area (Å²) in [6, 6.07) is 15.6. The SMILES string of the molecule is CCO[C@@H](Cc1ccc(OCc2cccc(I)c2)cc1)C(=O)O. The topological polar surface area (TPSA) is 55.8 Å². The molecule has 0 aliphatic carbocycles. The molecule has 0 saturated heterocycles. The summed E-state index contributed by atoms with van der Waals surface area (Å²) in [5.74, 6) is -0.179. The number of hydrogen-bond acceptors (Lipinski definition) is 3. The summed E-state index contributed by atoms with van der Waals surface area (Å²) in [6.45, 7) is 2.68. The molecule has 122 valence electrons. The average Bonchev–Trinajstić information content (AvgIpc) is 2.54. The van der Waals surface area contributed by atoms with Crippen LogP contribution in [0.15, 0.2) is 48.5 Å². The number of hydrogen-bond donors (Lipinski definition) is 1. The Morgan fingerprint density at radius 3 is 2.52 bits per heavy atom. The Labute approximate surface area is 149 Å². The largest absolute Gasteiger partial charge is 0.489 e. The van der Waals surface area contributed by atoms with Gasteiger partial charge in [-0.1, -0.05) is 24.3 Å². The van der Waals surface area contributed by atoms with E-state index in [1.54, 1.807) is 6.92 Å². The van der Waals surface area contributed by atoms with Crippen LogP contribution >= 0.6 is 22.6 Å². The maximum Gasteiger partial charge on any atom is 0.333 e. The zero-order chi connectivity index (χ0) is 16.7. The molecule has 0 fully saturated rings. The number of aliphatic carboxylic acids is 1. The molecule has 0 bridgehead atoms. The van der Waals surface area contributed by atoms with E-state index in [9.17, 15) is 4.79 Å². The van der Waals surface area contributed by atoms with Crippen molar-refractivity contribution in [1.82, 2.24) is 0 Å². The monoisotopic (exact) mass is 426 g/mol. The van der Waals surface area contributed by atoms with Crippen molar-refractivity contribution in [1.29, 1.82) is 0 Å². The molecule has 5 heteroatoms. The molecule has 4 nitrogen and oxygen atoms in total. The molecular formula is C18H19IO4. The molecule has 23 heavy (non-hydrogen) atoms. The standard InChI is InChI=1S/C18H19IO4/c1-2-22-17(18(20)21)11-13-6-8-16(9-7-13)23-12-14-4-3-5-15(19)10-14/h3-10,17H,2,11-12H2,1H3,(H,20,21)/t17-/m0/s1. The first-order valence-electron chi connectivity index (χ1n) is 7.39. The first-order valence-corrected chi connectivity index (χ1v) is 8.47. The van der Waals surface area contributed by atoms with Gasteiger partial charge < -0.3 is 14.6 Å². The molecule has 0 aromatic heterocycles. The quantitative estimate of drug-likeness (QED) is 0.651. The highest BCUT2D eigenvalue weighted by Crippen LogP contribution is 2.17. The number of carboxylic acid groups (broad SMARTS) is 1. The van der Waals surface area contributed by atoms with Crippen molar-refractivity contribution >= 4 is 28.6 Å². The van der Waals surface area contributed by atoms with Crippen molar-refractivity contribution in [3.63, 3.8) is 0 Å². The van der Waals surface area contributed by atoms with E-state index in [1.165, 1.54) is 3.57 Å². The zero-order valence-corrected chi connectivity index (χ0v) is 15.0. The van der Waals surface area contributed by atoms with Gasteiger partial charge in [-0.2, -0.15) is 0 Å². The molecule has 0 amide bonds. The molecule has 2 aromatic carbocycles. The average molecular weight is 426 g/mol. The maximum absolute atomic E-state index is 11.1. The van der Waals surface area contributed by atoms with Gasteiger partial charge in [-0.25, -0.2) is 4.79 Å². The first kappa shape index (κ1) is 17.7. The fourth-order valence-corrected chi connectivity index (χ4v) is 2.76. The molecule has 0 unspecified atom stereocenters. The van der Waals surface area contributed by atoms with E-state index in [1.807, 2.05) is 42.5 Å². The Kier molecular flexibility index (Phi) is 6.85. The zero-order valence-electron chi connectivity index (χ0n) is 12.9. The van der Waals surface area contributed by atoms with Gasteiger partial charge >= 0.3 is 5.97 Å². The van der Waals surface area contributed by atoms with Crippen molar-refractivity contribution < 1.29 is 19.4 Å². The van der Waals surface area contributed by atoms with E-state index in [-0.39, 0.29) is 0 Å². The summed E-state index contributed by atoms with van der Waals surface area (Å²) in [7, 11) is 0. The predicted molar refractivity (Wildman–Crippen MR) is 96.7 cm³/mol.